The van der Waals surface area contributed by atoms with Crippen LogP contribution in [-0.2, 0) is 0 Å². The van der Waals surface area contributed by atoms with E-state index in [1.54, 1.807) is 6.92 Å². The highest BCUT2D eigenvalue weighted by atomic mass is 16.4. The van der Waals surface area contributed by atoms with Gasteiger partial charge in [0.2, 0.25) is 5.89 Å². The molecule has 54 valence electrons. The van der Waals surface area contributed by atoms with E-state index in [0.717, 1.165) is 11.4 Å². The molecule has 3 nitrogen and oxygen atoms in total. The van der Waals surface area contributed by atoms with E-state index in [2.05, 4.69) is 4.98 Å². The second-order valence-electron chi connectivity index (χ2n) is 2.37. The predicted octanol–water partition coefficient (Wildman–Crippen LogP) is -0.705. The van der Waals surface area contributed by atoms with Crippen LogP contribution in [0.25, 0.3) is 0 Å². The Kier molecular flexibility index (Phi) is 1.81. The number of aromatic nitrogens is 1. The number of aliphatic hydroxyl groups excluding tert-OH is 1. The fraction of sp³-hybridized carbons (Fsp3) is 0.500. The van der Waals surface area contributed by atoms with Crippen molar-refractivity contribution in [2.75, 3.05) is 0 Å². The normalized spacial score (nSPS) is 13.5. The van der Waals surface area contributed by atoms with E-state index in [1.807, 2.05) is 14.8 Å². The van der Waals surface area contributed by atoms with Crippen molar-refractivity contribution in [2.45, 2.75) is 20.0 Å². The van der Waals surface area contributed by atoms with Crippen molar-refractivity contribution in [3.05, 3.63) is 11.7 Å². The van der Waals surface area contributed by atoms with Crippen LogP contribution in [0.15, 0.2) is 4.42 Å². The lowest BCUT2D eigenvalue weighted by Crippen LogP contribution is -2.06. The molecular weight excluding hydrogens is 129 g/mol. The molecule has 1 rings (SSSR count). The van der Waals surface area contributed by atoms with Crippen molar-refractivity contribution in [3.63, 3.8) is 0 Å². The third kappa shape index (κ3) is 1.21. The molecule has 0 radical (unpaired) electrons. The maximum atomic E-state index is 9.01. The zero-order valence-corrected chi connectivity index (χ0v) is 6.38. The van der Waals surface area contributed by atoms with Crippen LogP contribution in [0.4, 0.5) is 0 Å². The minimum absolute atomic E-state index is 0.398. The Morgan fingerprint density at radius 2 is 2.30 bits per heavy atom. The van der Waals surface area contributed by atoms with Gasteiger partial charge in [0, 0.05) is 5.59 Å². The van der Waals surface area contributed by atoms with Crippen LogP contribution in [0.1, 0.15) is 24.7 Å². The summed E-state index contributed by atoms with van der Waals surface area (Å²) >= 11 is 0. The Hall–Kier alpha value is -0.765. The van der Waals surface area contributed by atoms with Crippen molar-refractivity contribution in [2.24, 2.45) is 0 Å². The van der Waals surface area contributed by atoms with Crippen molar-refractivity contribution >= 4 is 13.4 Å². The van der Waals surface area contributed by atoms with Gasteiger partial charge in [-0.25, -0.2) is 4.98 Å². The van der Waals surface area contributed by atoms with Gasteiger partial charge < -0.3 is 9.52 Å². The van der Waals surface area contributed by atoms with E-state index >= 15 is 0 Å². The van der Waals surface area contributed by atoms with Gasteiger partial charge in [-0.1, -0.05) is 0 Å². The van der Waals surface area contributed by atoms with Gasteiger partial charge in [0.25, 0.3) is 0 Å². The van der Waals surface area contributed by atoms with Crippen molar-refractivity contribution in [3.8, 4) is 0 Å². The molecule has 1 unspecified atom stereocenters. The summed E-state index contributed by atoms with van der Waals surface area (Å²) in [6, 6.07) is 0. The lowest BCUT2D eigenvalue weighted by atomic mass is 10.0. The van der Waals surface area contributed by atoms with E-state index in [-0.39, 0.29) is 0 Å². The smallest absolute Gasteiger partial charge is 0.222 e. The molecule has 0 saturated heterocycles. The molecule has 0 spiro atoms. The molecule has 0 amide bonds. The molecule has 1 heterocycles. The fourth-order valence-corrected chi connectivity index (χ4v) is 0.676. The molecule has 1 aromatic heterocycles. The number of aliphatic hydroxyl groups is 1. The standard InChI is InChI=1S/C6H10BNO2/c1-3(9)6-8-5(7)4(2)10-6/h3,9H,7H2,1-2H3. The second kappa shape index (κ2) is 2.46. The summed E-state index contributed by atoms with van der Waals surface area (Å²) in [6.45, 7) is 3.46. The molecular formula is C6H10BNO2. The zero-order chi connectivity index (χ0) is 7.72. The molecule has 0 aromatic carbocycles. The molecule has 0 saturated carbocycles. The Bertz CT molecular complexity index is 212. The molecule has 10 heavy (non-hydrogen) atoms. The van der Waals surface area contributed by atoms with Crippen LogP contribution in [0, 0.1) is 6.92 Å². The molecule has 0 aliphatic carbocycles. The van der Waals surface area contributed by atoms with E-state index in [1.165, 1.54) is 0 Å². The van der Waals surface area contributed by atoms with Gasteiger partial charge in [-0.05, 0) is 13.8 Å². The van der Waals surface area contributed by atoms with Crippen LogP contribution in [0.3, 0.4) is 0 Å². The number of rotatable bonds is 1. The summed E-state index contributed by atoms with van der Waals surface area (Å²) in [5.41, 5.74) is 0.843. The van der Waals surface area contributed by atoms with Gasteiger partial charge in [-0.15, -0.1) is 0 Å². The first-order valence-electron chi connectivity index (χ1n) is 3.23. The Morgan fingerprint density at radius 1 is 1.70 bits per heavy atom. The fourth-order valence-electron chi connectivity index (χ4n) is 0.676. The number of hydrogen-bond donors (Lipinski definition) is 1. The Balaban J connectivity index is 2.98. The van der Waals surface area contributed by atoms with Gasteiger partial charge in [0.15, 0.2) is 7.85 Å². The third-order valence-electron chi connectivity index (χ3n) is 1.40. The molecule has 4 heteroatoms. The van der Waals surface area contributed by atoms with E-state index in [9.17, 15) is 0 Å². The van der Waals surface area contributed by atoms with Crippen molar-refractivity contribution in [1.82, 2.24) is 4.98 Å². The lowest BCUT2D eigenvalue weighted by molar-refractivity contribution is 0.161. The molecule has 1 atom stereocenters. The number of nitrogens with zero attached hydrogens (tertiary/aromatic N) is 1. The van der Waals surface area contributed by atoms with Crippen LogP contribution in [0.5, 0.6) is 0 Å². The number of oxazole rings is 1. The summed E-state index contributed by atoms with van der Waals surface area (Å²) in [6.07, 6.45) is -0.604. The summed E-state index contributed by atoms with van der Waals surface area (Å²) in [5, 5.41) is 9.01. The summed E-state index contributed by atoms with van der Waals surface area (Å²) < 4.78 is 5.11. The van der Waals surface area contributed by atoms with Gasteiger partial charge in [-0.3, -0.25) is 0 Å². The van der Waals surface area contributed by atoms with Crippen LogP contribution >= 0.6 is 0 Å². The van der Waals surface area contributed by atoms with Gasteiger partial charge in [0.05, 0.1) is 0 Å². The second-order valence-corrected chi connectivity index (χ2v) is 2.37. The van der Waals surface area contributed by atoms with Crippen LogP contribution < -0.4 is 5.59 Å². The summed E-state index contributed by atoms with van der Waals surface area (Å²) in [7, 11) is 1.85. The maximum absolute atomic E-state index is 9.01. The first kappa shape index (κ1) is 7.34. The minimum atomic E-state index is -0.604. The maximum Gasteiger partial charge on any atom is 0.222 e. The SMILES string of the molecule is Bc1nc(C(C)O)oc1C. The van der Waals surface area contributed by atoms with Crippen molar-refractivity contribution < 1.29 is 9.52 Å². The highest BCUT2D eigenvalue weighted by molar-refractivity contribution is 6.31. The average Bonchev–Trinajstić information content (AvgIpc) is 2.13. The third-order valence-corrected chi connectivity index (χ3v) is 1.40. The average molecular weight is 139 g/mol. The molecule has 0 aliphatic heterocycles. The molecule has 0 fully saturated rings. The van der Waals surface area contributed by atoms with Gasteiger partial charge in [-0.2, -0.15) is 0 Å². The van der Waals surface area contributed by atoms with E-state index in [4.69, 9.17) is 9.52 Å². The Labute approximate surface area is 60.5 Å². The summed E-state index contributed by atoms with van der Waals surface area (Å²) in [4.78, 5) is 3.99. The zero-order valence-electron chi connectivity index (χ0n) is 6.38. The first-order chi connectivity index (χ1) is 4.61. The van der Waals surface area contributed by atoms with Gasteiger partial charge >= 0.3 is 0 Å². The minimum Gasteiger partial charge on any atom is -0.444 e. The summed E-state index contributed by atoms with van der Waals surface area (Å²) in [5.74, 6) is 1.17. The monoisotopic (exact) mass is 139 g/mol. The van der Waals surface area contributed by atoms with Crippen LogP contribution in [0.2, 0.25) is 0 Å². The highest BCUT2D eigenvalue weighted by Gasteiger charge is 2.09. The number of aryl methyl sites for hydroxylation is 1. The molecule has 1 aromatic rings. The predicted molar refractivity (Wildman–Crippen MR) is 40.1 cm³/mol. The first-order valence-corrected chi connectivity index (χ1v) is 3.23. The van der Waals surface area contributed by atoms with E-state index < -0.39 is 6.10 Å². The number of hydrogen-bond acceptors (Lipinski definition) is 3. The molecule has 0 aliphatic rings. The molecule has 0 bridgehead atoms. The highest BCUT2D eigenvalue weighted by Crippen LogP contribution is 2.08. The largest absolute Gasteiger partial charge is 0.444 e. The quantitative estimate of drug-likeness (QED) is 0.523. The lowest BCUT2D eigenvalue weighted by Gasteiger charge is -1.93. The molecule has 1 N–H and O–H groups in total. The van der Waals surface area contributed by atoms with Crippen molar-refractivity contribution in [1.29, 1.82) is 0 Å². The van der Waals surface area contributed by atoms with E-state index in [0.29, 0.717) is 5.89 Å². The topological polar surface area (TPSA) is 46.3 Å². The Morgan fingerprint density at radius 3 is 2.50 bits per heavy atom. The van der Waals surface area contributed by atoms with Crippen LogP contribution in [-0.4, -0.2) is 17.9 Å². The van der Waals surface area contributed by atoms with Gasteiger partial charge in [0.1, 0.15) is 11.9 Å².